The maximum atomic E-state index is 12.0. The number of nitrogens with zero attached hydrogens (tertiary/aromatic N) is 1. The Morgan fingerprint density at radius 2 is 1.78 bits per heavy atom. The van der Waals surface area contributed by atoms with Gasteiger partial charge in [0.15, 0.2) is 0 Å². The zero-order chi connectivity index (χ0) is 16.4. The van der Waals surface area contributed by atoms with Gasteiger partial charge in [-0.2, -0.15) is 0 Å². The number of benzene rings is 2. The summed E-state index contributed by atoms with van der Waals surface area (Å²) in [7, 11) is 2.06. The molecule has 0 radical (unpaired) electrons. The number of rotatable bonds is 4. The Bertz CT molecular complexity index is 850. The standard InChI is InChI=1S/C19H19ClN2O/c1-13-9-16-10-15(5-8-18(16)22(13)2)12-21-19(23)11-14-3-6-17(20)7-4-14/h3-10H,11-12H2,1-2H3,(H,21,23). The molecule has 2 aromatic carbocycles. The van der Waals surface area contributed by atoms with Gasteiger partial charge in [-0.25, -0.2) is 0 Å². The fraction of sp³-hybridized carbons (Fsp3) is 0.211. The molecule has 0 aliphatic heterocycles. The first kappa shape index (κ1) is 15.6. The highest BCUT2D eigenvalue weighted by atomic mass is 35.5. The Morgan fingerprint density at radius 1 is 1.09 bits per heavy atom. The number of carbonyl (C=O) groups is 1. The van der Waals surface area contributed by atoms with Crippen molar-refractivity contribution in [1.82, 2.24) is 9.88 Å². The average molecular weight is 327 g/mol. The van der Waals surface area contributed by atoms with E-state index in [1.807, 2.05) is 12.1 Å². The van der Waals surface area contributed by atoms with Gasteiger partial charge in [-0.1, -0.05) is 29.8 Å². The van der Waals surface area contributed by atoms with Gasteiger partial charge in [-0.3, -0.25) is 4.79 Å². The van der Waals surface area contributed by atoms with Crippen LogP contribution in [0.4, 0.5) is 0 Å². The predicted octanol–water partition coefficient (Wildman–Crippen LogP) is 4.00. The van der Waals surface area contributed by atoms with Crippen LogP contribution in [-0.2, 0) is 24.8 Å². The van der Waals surface area contributed by atoms with Gasteiger partial charge >= 0.3 is 0 Å². The molecule has 0 spiro atoms. The van der Waals surface area contributed by atoms with Gasteiger partial charge in [0.2, 0.25) is 5.91 Å². The average Bonchev–Trinajstić information content (AvgIpc) is 2.82. The largest absolute Gasteiger partial charge is 0.352 e. The van der Waals surface area contributed by atoms with Gasteiger partial charge in [-0.05, 0) is 48.4 Å². The van der Waals surface area contributed by atoms with E-state index in [1.54, 1.807) is 12.1 Å². The zero-order valence-electron chi connectivity index (χ0n) is 13.3. The minimum Gasteiger partial charge on any atom is -0.352 e. The summed E-state index contributed by atoms with van der Waals surface area (Å²) in [5, 5.41) is 4.85. The molecule has 118 valence electrons. The van der Waals surface area contributed by atoms with Crippen LogP contribution in [0.15, 0.2) is 48.5 Å². The predicted molar refractivity (Wildman–Crippen MR) is 94.7 cm³/mol. The van der Waals surface area contributed by atoms with Crippen molar-refractivity contribution in [2.24, 2.45) is 7.05 Å². The van der Waals surface area contributed by atoms with E-state index in [0.717, 1.165) is 11.1 Å². The van der Waals surface area contributed by atoms with Gasteiger partial charge in [0, 0.05) is 35.2 Å². The molecule has 0 fully saturated rings. The molecule has 0 aliphatic rings. The summed E-state index contributed by atoms with van der Waals surface area (Å²) in [4.78, 5) is 12.0. The van der Waals surface area contributed by atoms with E-state index >= 15 is 0 Å². The van der Waals surface area contributed by atoms with Gasteiger partial charge in [0.05, 0.1) is 6.42 Å². The van der Waals surface area contributed by atoms with Crippen molar-refractivity contribution in [3.63, 3.8) is 0 Å². The second-order valence-corrected chi connectivity index (χ2v) is 6.25. The highest BCUT2D eigenvalue weighted by Crippen LogP contribution is 2.19. The third-order valence-electron chi connectivity index (χ3n) is 4.11. The summed E-state index contributed by atoms with van der Waals surface area (Å²) in [6.45, 7) is 2.63. The Morgan fingerprint density at radius 3 is 2.52 bits per heavy atom. The molecule has 4 heteroatoms. The van der Waals surface area contributed by atoms with Crippen LogP contribution in [0.2, 0.25) is 5.02 Å². The lowest BCUT2D eigenvalue weighted by atomic mass is 10.1. The lowest BCUT2D eigenvalue weighted by molar-refractivity contribution is -0.120. The zero-order valence-corrected chi connectivity index (χ0v) is 14.0. The molecule has 1 heterocycles. The van der Waals surface area contributed by atoms with Crippen LogP contribution in [0.5, 0.6) is 0 Å². The fourth-order valence-corrected chi connectivity index (χ4v) is 2.82. The highest BCUT2D eigenvalue weighted by Gasteiger charge is 2.06. The minimum atomic E-state index is 0.0108. The van der Waals surface area contributed by atoms with Crippen LogP contribution < -0.4 is 5.32 Å². The third kappa shape index (κ3) is 3.57. The van der Waals surface area contributed by atoms with E-state index in [0.29, 0.717) is 18.0 Å². The minimum absolute atomic E-state index is 0.0108. The Labute approximate surface area is 140 Å². The molecule has 1 amide bonds. The molecule has 1 N–H and O–H groups in total. The number of aromatic nitrogens is 1. The maximum Gasteiger partial charge on any atom is 0.224 e. The third-order valence-corrected chi connectivity index (χ3v) is 4.37. The molecular weight excluding hydrogens is 308 g/mol. The molecule has 0 saturated carbocycles. The quantitative estimate of drug-likeness (QED) is 0.772. The van der Waals surface area contributed by atoms with Gasteiger partial charge in [0.25, 0.3) is 0 Å². The van der Waals surface area contributed by atoms with E-state index in [2.05, 4.69) is 48.1 Å². The van der Waals surface area contributed by atoms with Crippen molar-refractivity contribution >= 4 is 28.4 Å². The smallest absolute Gasteiger partial charge is 0.224 e. The van der Waals surface area contributed by atoms with Crippen LogP contribution >= 0.6 is 11.6 Å². The second kappa shape index (κ2) is 6.47. The molecule has 23 heavy (non-hydrogen) atoms. The molecule has 0 unspecified atom stereocenters. The van der Waals surface area contributed by atoms with Gasteiger partial charge in [0.1, 0.15) is 0 Å². The molecule has 0 aliphatic carbocycles. The summed E-state index contributed by atoms with van der Waals surface area (Å²) in [6.07, 6.45) is 0.365. The van der Waals surface area contributed by atoms with E-state index in [4.69, 9.17) is 11.6 Å². The first-order valence-corrected chi connectivity index (χ1v) is 7.97. The normalized spacial score (nSPS) is 10.9. The van der Waals surface area contributed by atoms with E-state index in [9.17, 15) is 4.79 Å². The Kier molecular flexibility index (Phi) is 4.39. The molecule has 1 aromatic heterocycles. The number of carbonyl (C=O) groups excluding carboxylic acids is 1. The number of hydrogen-bond acceptors (Lipinski definition) is 1. The van der Waals surface area contributed by atoms with E-state index in [-0.39, 0.29) is 5.91 Å². The molecule has 3 nitrogen and oxygen atoms in total. The number of halogens is 1. The summed E-state index contributed by atoms with van der Waals surface area (Å²) in [5.74, 6) is 0.0108. The van der Waals surface area contributed by atoms with Crippen LogP contribution in [-0.4, -0.2) is 10.5 Å². The molecule has 0 atom stereocenters. The topological polar surface area (TPSA) is 34.0 Å². The molecular formula is C19H19ClN2O. The van der Waals surface area contributed by atoms with E-state index < -0.39 is 0 Å². The van der Waals surface area contributed by atoms with Gasteiger partial charge in [-0.15, -0.1) is 0 Å². The van der Waals surface area contributed by atoms with Crippen molar-refractivity contribution < 1.29 is 4.79 Å². The SMILES string of the molecule is Cc1cc2cc(CNC(=O)Cc3ccc(Cl)cc3)ccc2n1C. The van der Waals surface area contributed by atoms with Crippen LogP contribution in [0.25, 0.3) is 10.9 Å². The number of fused-ring (bicyclic) bond motifs is 1. The molecule has 0 bridgehead atoms. The summed E-state index contributed by atoms with van der Waals surface area (Å²) in [5.41, 5.74) is 4.50. The van der Waals surface area contributed by atoms with Crippen molar-refractivity contribution in [2.75, 3.05) is 0 Å². The number of nitrogens with one attached hydrogen (secondary N) is 1. The van der Waals surface area contributed by atoms with Crippen molar-refractivity contribution in [3.05, 3.63) is 70.4 Å². The summed E-state index contributed by atoms with van der Waals surface area (Å²) >= 11 is 5.85. The van der Waals surface area contributed by atoms with Crippen LogP contribution in [0.1, 0.15) is 16.8 Å². The van der Waals surface area contributed by atoms with Crippen molar-refractivity contribution in [2.45, 2.75) is 19.9 Å². The molecule has 3 aromatic rings. The van der Waals surface area contributed by atoms with Crippen molar-refractivity contribution in [1.29, 1.82) is 0 Å². The monoisotopic (exact) mass is 326 g/mol. The van der Waals surface area contributed by atoms with Crippen LogP contribution in [0, 0.1) is 6.92 Å². The first-order valence-electron chi connectivity index (χ1n) is 7.59. The highest BCUT2D eigenvalue weighted by molar-refractivity contribution is 6.30. The second-order valence-electron chi connectivity index (χ2n) is 5.82. The lowest BCUT2D eigenvalue weighted by Gasteiger charge is -2.06. The Balaban J connectivity index is 1.63. The molecule has 0 saturated heterocycles. The summed E-state index contributed by atoms with van der Waals surface area (Å²) in [6, 6.07) is 15.8. The lowest BCUT2D eigenvalue weighted by Crippen LogP contribution is -2.24. The number of amides is 1. The van der Waals surface area contributed by atoms with Crippen LogP contribution in [0.3, 0.4) is 0 Å². The number of aryl methyl sites for hydroxylation is 2. The first-order chi connectivity index (χ1) is 11.0. The Hall–Kier alpha value is -2.26. The maximum absolute atomic E-state index is 12.0. The number of hydrogen-bond donors (Lipinski definition) is 1. The fourth-order valence-electron chi connectivity index (χ4n) is 2.70. The van der Waals surface area contributed by atoms with Gasteiger partial charge < -0.3 is 9.88 Å². The van der Waals surface area contributed by atoms with Crippen molar-refractivity contribution in [3.8, 4) is 0 Å². The molecule has 3 rings (SSSR count). The van der Waals surface area contributed by atoms with E-state index in [1.165, 1.54) is 16.6 Å². The summed E-state index contributed by atoms with van der Waals surface area (Å²) < 4.78 is 2.16.